The molecule has 2 heterocycles. The fraction of sp³-hybridized carbons (Fsp3) is 0.545. The third-order valence-electron chi connectivity index (χ3n) is 2.76. The molecule has 0 saturated heterocycles. The van der Waals surface area contributed by atoms with Crippen LogP contribution in [0, 0.1) is 5.92 Å². The number of hydrogen-bond donors (Lipinski definition) is 2. The van der Waals surface area contributed by atoms with Gasteiger partial charge in [-0.15, -0.1) is 5.10 Å². The summed E-state index contributed by atoms with van der Waals surface area (Å²) >= 11 is 0. The van der Waals surface area contributed by atoms with Crippen molar-refractivity contribution in [3.05, 3.63) is 22.6 Å². The van der Waals surface area contributed by atoms with E-state index in [1.165, 1.54) is 4.52 Å². The normalized spacial score (nSPS) is 13.1. The monoisotopic (exact) mass is 251 g/mol. The molecule has 1 atom stereocenters. The van der Waals surface area contributed by atoms with Gasteiger partial charge in [-0.3, -0.25) is 0 Å². The maximum Gasteiger partial charge on any atom is 0.364 e. The van der Waals surface area contributed by atoms with Crippen LogP contribution in [-0.2, 0) is 4.74 Å². The smallest absolute Gasteiger partial charge is 0.364 e. The van der Waals surface area contributed by atoms with Gasteiger partial charge in [-0.1, -0.05) is 13.8 Å². The number of rotatable bonds is 5. The van der Waals surface area contributed by atoms with E-state index in [0.717, 1.165) is 0 Å². The lowest BCUT2D eigenvalue weighted by molar-refractivity contribution is 0.171. The Morgan fingerprint density at radius 1 is 1.50 bits per heavy atom. The Morgan fingerprint density at radius 3 is 2.94 bits per heavy atom. The number of anilines is 1. The summed E-state index contributed by atoms with van der Waals surface area (Å²) in [4.78, 5) is 11.4. The van der Waals surface area contributed by atoms with Gasteiger partial charge in [0.05, 0.1) is 12.6 Å². The minimum Gasteiger partial charge on any atom is -0.383 e. The van der Waals surface area contributed by atoms with Crippen molar-refractivity contribution in [1.29, 1.82) is 0 Å². The largest absolute Gasteiger partial charge is 0.383 e. The second-order valence-electron chi connectivity index (χ2n) is 4.47. The fourth-order valence-electron chi connectivity index (χ4n) is 1.65. The molecule has 98 valence electrons. The van der Waals surface area contributed by atoms with Gasteiger partial charge in [-0.25, -0.2) is 9.89 Å². The van der Waals surface area contributed by atoms with Crippen LogP contribution in [0.5, 0.6) is 0 Å². The summed E-state index contributed by atoms with van der Waals surface area (Å²) in [5.74, 6) is 1.02. The highest BCUT2D eigenvalue weighted by Crippen LogP contribution is 2.10. The van der Waals surface area contributed by atoms with E-state index in [0.29, 0.717) is 24.0 Å². The second-order valence-corrected chi connectivity index (χ2v) is 4.47. The van der Waals surface area contributed by atoms with Gasteiger partial charge in [0, 0.05) is 7.11 Å². The van der Waals surface area contributed by atoms with Crippen LogP contribution in [0.4, 0.5) is 5.82 Å². The molecule has 0 aliphatic heterocycles. The topological polar surface area (TPSA) is 84.3 Å². The van der Waals surface area contributed by atoms with Crippen molar-refractivity contribution in [2.75, 3.05) is 19.0 Å². The molecule has 0 fully saturated rings. The number of methoxy groups -OCH3 is 1. The van der Waals surface area contributed by atoms with Gasteiger partial charge in [-0.2, -0.15) is 9.61 Å². The lowest BCUT2D eigenvalue weighted by atomic mass is 10.1. The Bertz CT molecular complexity index is 574. The summed E-state index contributed by atoms with van der Waals surface area (Å²) in [5.41, 5.74) is 0.153. The SMILES string of the molecule is COCC(Nc1ccc2n[nH]c(=O)n2n1)C(C)C. The highest BCUT2D eigenvalue weighted by molar-refractivity contribution is 5.43. The van der Waals surface area contributed by atoms with Crippen molar-refractivity contribution < 1.29 is 4.74 Å². The summed E-state index contributed by atoms with van der Waals surface area (Å²) in [6.07, 6.45) is 0. The third kappa shape index (κ3) is 2.51. The van der Waals surface area contributed by atoms with Crippen molar-refractivity contribution in [2.45, 2.75) is 19.9 Å². The summed E-state index contributed by atoms with van der Waals surface area (Å²) < 4.78 is 6.39. The highest BCUT2D eigenvalue weighted by Gasteiger charge is 2.14. The molecule has 0 bridgehead atoms. The summed E-state index contributed by atoms with van der Waals surface area (Å²) in [5, 5.41) is 13.6. The fourth-order valence-corrected chi connectivity index (χ4v) is 1.65. The van der Waals surface area contributed by atoms with E-state index >= 15 is 0 Å². The van der Waals surface area contributed by atoms with E-state index in [9.17, 15) is 4.79 Å². The Hall–Kier alpha value is -1.89. The van der Waals surface area contributed by atoms with Crippen molar-refractivity contribution in [3.8, 4) is 0 Å². The molecule has 2 aromatic rings. The van der Waals surface area contributed by atoms with Crippen LogP contribution >= 0.6 is 0 Å². The Balaban J connectivity index is 2.24. The molecule has 2 N–H and O–H groups in total. The predicted octanol–water partition coefficient (Wildman–Crippen LogP) is 0.500. The van der Waals surface area contributed by atoms with Crippen molar-refractivity contribution >= 4 is 11.5 Å². The number of fused-ring (bicyclic) bond motifs is 1. The minimum absolute atomic E-state index is 0.141. The van der Waals surface area contributed by atoms with E-state index in [2.05, 4.69) is 34.5 Å². The maximum absolute atomic E-state index is 11.4. The van der Waals surface area contributed by atoms with Crippen LogP contribution in [-0.4, -0.2) is 39.6 Å². The van der Waals surface area contributed by atoms with Gasteiger partial charge in [0.25, 0.3) is 0 Å². The number of H-pyrrole nitrogens is 1. The number of nitrogens with one attached hydrogen (secondary N) is 2. The van der Waals surface area contributed by atoms with Gasteiger partial charge in [0.15, 0.2) is 5.65 Å². The zero-order valence-corrected chi connectivity index (χ0v) is 10.7. The molecule has 2 aromatic heterocycles. The first-order chi connectivity index (χ1) is 8.61. The van der Waals surface area contributed by atoms with Crippen molar-refractivity contribution in [1.82, 2.24) is 19.8 Å². The molecule has 0 aliphatic rings. The average molecular weight is 251 g/mol. The average Bonchev–Trinajstić information content (AvgIpc) is 2.70. The molecule has 1 unspecified atom stereocenters. The molecule has 0 radical (unpaired) electrons. The molecule has 0 saturated carbocycles. The van der Waals surface area contributed by atoms with E-state index in [1.807, 2.05) is 0 Å². The first-order valence-electron chi connectivity index (χ1n) is 5.81. The zero-order valence-electron chi connectivity index (χ0n) is 10.7. The van der Waals surface area contributed by atoms with Gasteiger partial charge in [-0.05, 0) is 18.1 Å². The predicted molar refractivity (Wildman–Crippen MR) is 67.7 cm³/mol. The number of ether oxygens (including phenoxy) is 1. The van der Waals surface area contributed by atoms with E-state index in [4.69, 9.17) is 4.74 Å². The maximum atomic E-state index is 11.4. The van der Waals surface area contributed by atoms with Crippen molar-refractivity contribution in [2.24, 2.45) is 5.92 Å². The van der Waals surface area contributed by atoms with Crippen LogP contribution in [0.3, 0.4) is 0 Å². The standard InChI is InChI=1S/C11H17N5O2/c1-7(2)8(6-18-3)12-9-4-5-10-13-14-11(17)16(10)15-9/h4-5,7-8H,6H2,1-3H3,(H,12,15)(H,14,17). The van der Waals surface area contributed by atoms with E-state index < -0.39 is 0 Å². The molecule has 2 rings (SSSR count). The Labute approximate surface area is 104 Å². The molecule has 0 aromatic carbocycles. The van der Waals surface area contributed by atoms with Crippen LogP contribution in [0.15, 0.2) is 16.9 Å². The van der Waals surface area contributed by atoms with Gasteiger partial charge >= 0.3 is 5.69 Å². The summed E-state index contributed by atoms with van der Waals surface area (Å²) in [6.45, 7) is 4.77. The molecule has 7 heteroatoms. The van der Waals surface area contributed by atoms with Crippen LogP contribution in [0.2, 0.25) is 0 Å². The lowest BCUT2D eigenvalue weighted by Gasteiger charge is -2.21. The van der Waals surface area contributed by atoms with Gasteiger partial charge < -0.3 is 10.1 Å². The second kappa shape index (κ2) is 5.18. The van der Waals surface area contributed by atoms with Gasteiger partial charge in [0.2, 0.25) is 0 Å². The van der Waals surface area contributed by atoms with E-state index in [1.54, 1.807) is 19.2 Å². The molecule has 7 nitrogen and oxygen atoms in total. The first kappa shape index (κ1) is 12.6. The number of aromatic amines is 1. The van der Waals surface area contributed by atoms with Crippen LogP contribution in [0.1, 0.15) is 13.8 Å². The van der Waals surface area contributed by atoms with Crippen molar-refractivity contribution in [3.63, 3.8) is 0 Å². The lowest BCUT2D eigenvalue weighted by Crippen LogP contribution is -2.31. The van der Waals surface area contributed by atoms with Crippen LogP contribution in [0.25, 0.3) is 5.65 Å². The molecule has 0 aliphatic carbocycles. The first-order valence-corrected chi connectivity index (χ1v) is 5.81. The Kier molecular flexibility index (Phi) is 3.61. The van der Waals surface area contributed by atoms with E-state index in [-0.39, 0.29) is 11.7 Å². The molecule has 18 heavy (non-hydrogen) atoms. The zero-order chi connectivity index (χ0) is 13.1. The third-order valence-corrected chi connectivity index (χ3v) is 2.76. The van der Waals surface area contributed by atoms with Crippen LogP contribution < -0.4 is 11.0 Å². The summed E-state index contributed by atoms with van der Waals surface area (Å²) in [6, 6.07) is 3.67. The number of hydrogen-bond acceptors (Lipinski definition) is 5. The molecular weight excluding hydrogens is 234 g/mol. The summed E-state index contributed by atoms with van der Waals surface area (Å²) in [7, 11) is 1.66. The molecule has 0 spiro atoms. The van der Waals surface area contributed by atoms with Gasteiger partial charge in [0.1, 0.15) is 5.82 Å². The minimum atomic E-state index is -0.346. The highest BCUT2D eigenvalue weighted by atomic mass is 16.5. The Morgan fingerprint density at radius 2 is 2.28 bits per heavy atom. The molecule has 0 amide bonds. The number of nitrogens with zero attached hydrogens (tertiary/aromatic N) is 3. The number of aromatic nitrogens is 4. The molecular formula is C11H17N5O2. The quantitative estimate of drug-likeness (QED) is 0.808.